The molecule has 0 spiro atoms. The summed E-state index contributed by atoms with van der Waals surface area (Å²) in [7, 11) is 0. The monoisotopic (exact) mass is 503 g/mol. The molecule has 0 unspecified atom stereocenters. The first-order chi connectivity index (χ1) is 17.8. The lowest BCUT2D eigenvalue weighted by molar-refractivity contribution is -0.138. The SMILES string of the molecule is CCCOc1cccc(C(=O)N(Cc2cccc([C@H](C)C(=O)O)c2CC)C23CC4CC(CC(C4)C2)C3)c1. The molecule has 4 aliphatic rings. The lowest BCUT2D eigenvalue weighted by atomic mass is 9.52. The van der Waals surface area contributed by atoms with Crippen molar-refractivity contribution in [3.8, 4) is 5.75 Å². The summed E-state index contributed by atoms with van der Waals surface area (Å²) in [4.78, 5) is 28.4. The Labute approximate surface area is 221 Å². The van der Waals surface area contributed by atoms with E-state index < -0.39 is 11.9 Å². The number of benzene rings is 2. The minimum atomic E-state index is -0.815. The van der Waals surface area contributed by atoms with E-state index in [4.69, 9.17) is 4.74 Å². The Morgan fingerprint density at radius 1 is 1.03 bits per heavy atom. The Kier molecular flexibility index (Phi) is 7.33. The highest BCUT2D eigenvalue weighted by atomic mass is 16.5. The molecular weight excluding hydrogens is 462 g/mol. The molecule has 4 saturated carbocycles. The molecule has 0 aliphatic heterocycles. The van der Waals surface area contributed by atoms with Crippen molar-refractivity contribution in [2.75, 3.05) is 6.61 Å². The molecule has 37 heavy (non-hydrogen) atoms. The van der Waals surface area contributed by atoms with Gasteiger partial charge in [0.1, 0.15) is 5.75 Å². The van der Waals surface area contributed by atoms with E-state index in [9.17, 15) is 14.7 Å². The predicted molar refractivity (Wildman–Crippen MR) is 145 cm³/mol. The average molecular weight is 504 g/mol. The first kappa shape index (κ1) is 25.8. The van der Waals surface area contributed by atoms with E-state index >= 15 is 0 Å². The third-order valence-electron chi connectivity index (χ3n) is 9.21. The normalized spacial score (nSPS) is 26.6. The third kappa shape index (κ3) is 5.02. The number of aliphatic carboxylic acids is 1. The minimum Gasteiger partial charge on any atom is -0.494 e. The van der Waals surface area contributed by atoms with Crippen LogP contribution in [0.1, 0.15) is 98.7 Å². The van der Waals surface area contributed by atoms with Gasteiger partial charge in [0.05, 0.1) is 12.5 Å². The number of rotatable bonds is 10. The molecule has 1 N–H and O–H groups in total. The van der Waals surface area contributed by atoms with E-state index in [1.807, 2.05) is 36.4 Å². The van der Waals surface area contributed by atoms with Crippen LogP contribution in [0.15, 0.2) is 42.5 Å². The molecule has 2 aromatic rings. The zero-order valence-electron chi connectivity index (χ0n) is 22.5. The molecule has 4 fully saturated rings. The second-order valence-electron chi connectivity index (χ2n) is 11.8. The zero-order valence-corrected chi connectivity index (χ0v) is 22.5. The van der Waals surface area contributed by atoms with Gasteiger partial charge in [-0.05, 0) is 111 Å². The van der Waals surface area contributed by atoms with Crippen LogP contribution in [0.2, 0.25) is 0 Å². The third-order valence-corrected chi connectivity index (χ3v) is 9.21. The number of hydrogen-bond donors (Lipinski definition) is 1. The Bertz CT molecular complexity index is 1120. The van der Waals surface area contributed by atoms with Gasteiger partial charge in [-0.2, -0.15) is 0 Å². The number of amides is 1. The first-order valence-corrected chi connectivity index (χ1v) is 14.2. The number of hydrogen-bond acceptors (Lipinski definition) is 3. The smallest absolute Gasteiger partial charge is 0.310 e. The molecule has 5 heteroatoms. The van der Waals surface area contributed by atoms with Crippen molar-refractivity contribution in [1.82, 2.24) is 4.90 Å². The van der Waals surface area contributed by atoms with E-state index in [0.29, 0.717) is 36.5 Å². The Morgan fingerprint density at radius 2 is 1.68 bits per heavy atom. The lowest BCUT2D eigenvalue weighted by Gasteiger charge is -2.60. The van der Waals surface area contributed by atoms with Gasteiger partial charge >= 0.3 is 5.97 Å². The van der Waals surface area contributed by atoms with Crippen LogP contribution in [-0.4, -0.2) is 34.0 Å². The molecule has 1 amide bonds. The second kappa shape index (κ2) is 10.5. The van der Waals surface area contributed by atoms with E-state index in [1.54, 1.807) is 6.92 Å². The first-order valence-electron chi connectivity index (χ1n) is 14.2. The van der Waals surface area contributed by atoms with Crippen LogP contribution in [0.4, 0.5) is 0 Å². The molecule has 0 aromatic heterocycles. The van der Waals surface area contributed by atoms with Crippen molar-refractivity contribution < 1.29 is 19.4 Å². The Hall–Kier alpha value is -2.82. The number of carboxylic acids is 1. The van der Waals surface area contributed by atoms with Crippen LogP contribution >= 0.6 is 0 Å². The highest BCUT2D eigenvalue weighted by Gasteiger charge is 2.54. The quantitative estimate of drug-likeness (QED) is 0.386. The van der Waals surface area contributed by atoms with Crippen LogP contribution in [0, 0.1) is 17.8 Å². The van der Waals surface area contributed by atoms with Gasteiger partial charge < -0.3 is 14.7 Å². The minimum absolute atomic E-state index is 0.0719. The van der Waals surface area contributed by atoms with Crippen LogP contribution in [-0.2, 0) is 17.8 Å². The molecule has 4 aliphatic carbocycles. The molecule has 0 radical (unpaired) electrons. The Balaban J connectivity index is 1.54. The summed E-state index contributed by atoms with van der Waals surface area (Å²) in [6, 6.07) is 13.7. The van der Waals surface area contributed by atoms with Gasteiger partial charge in [-0.15, -0.1) is 0 Å². The summed E-state index contributed by atoms with van der Waals surface area (Å²) in [5, 5.41) is 9.73. The number of nitrogens with zero attached hydrogens (tertiary/aromatic N) is 1. The number of ether oxygens (including phenoxy) is 1. The maximum absolute atomic E-state index is 14.4. The summed E-state index contributed by atoms with van der Waals surface area (Å²) in [5.74, 6) is 1.56. The van der Waals surface area contributed by atoms with Crippen LogP contribution < -0.4 is 4.74 Å². The number of carboxylic acid groups (broad SMARTS) is 1. The molecule has 0 saturated heterocycles. The lowest BCUT2D eigenvalue weighted by Crippen LogP contribution is -2.61. The van der Waals surface area contributed by atoms with Crippen LogP contribution in [0.25, 0.3) is 0 Å². The summed E-state index contributed by atoms with van der Waals surface area (Å²) in [5.41, 5.74) is 3.57. The van der Waals surface area contributed by atoms with E-state index in [1.165, 1.54) is 19.3 Å². The summed E-state index contributed by atoms with van der Waals surface area (Å²) in [6.45, 7) is 7.07. The predicted octanol–water partition coefficient (Wildman–Crippen LogP) is 6.84. The fourth-order valence-electron chi connectivity index (χ4n) is 7.89. The van der Waals surface area contributed by atoms with Crippen molar-refractivity contribution in [2.45, 2.75) is 90.1 Å². The largest absolute Gasteiger partial charge is 0.494 e. The van der Waals surface area contributed by atoms with Gasteiger partial charge in [0.25, 0.3) is 5.91 Å². The van der Waals surface area contributed by atoms with Crippen molar-refractivity contribution in [2.24, 2.45) is 17.8 Å². The maximum atomic E-state index is 14.4. The summed E-state index contributed by atoms with van der Waals surface area (Å²) >= 11 is 0. The standard InChI is InChI=1S/C32H41NO4/c1-4-12-37-27-10-6-8-25(16-27)30(34)33(32-17-22-13-23(18-32)15-24(14-22)19-32)20-26-9-7-11-29(28(26)5-2)21(3)31(35)36/h6-11,16,21-24H,4-5,12-15,17-20H2,1-3H3,(H,35,36)/t21-,22?,23?,24?,32?/m0/s1. The maximum Gasteiger partial charge on any atom is 0.310 e. The molecule has 0 heterocycles. The zero-order chi connectivity index (χ0) is 26.2. The summed E-state index contributed by atoms with van der Waals surface area (Å²) in [6.07, 6.45) is 8.86. The van der Waals surface area contributed by atoms with Crippen molar-refractivity contribution in [3.63, 3.8) is 0 Å². The molecule has 4 bridgehead atoms. The Morgan fingerprint density at radius 3 is 2.27 bits per heavy atom. The highest BCUT2D eigenvalue weighted by molar-refractivity contribution is 5.95. The van der Waals surface area contributed by atoms with Crippen molar-refractivity contribution >= 4 is 11.9 Å². The van der Waals surface area contributed by atoms with E-state index in [2.05, 4.69) is 24.8 Å². The van der Waals surface area contributed by atoms with Gasteiger partial charge in [0.2, 0.25) is 0 Å². The molecule has 5 nitrogen and oxygen atoms in total. The average Bonchev–Trinajstić information content (AvgIpc) is 2.88. The highest BCUT2D eigenvalue weighted by Crippen LogP contribution is 2.58. The topological polar surface area (TPSA) is 66.8 Å². The summed E-state index contributed by atoms with van der Waals surface area (Å²) < 4.78 is 5.87. The van der Waals surface area contributed by atoms with Gasteiger partial charge in [0.15, 0.2) is 0 Å². The molecule has 1 atom stereocenters. The second-order valence-corrected chi connectivity index (χ2v) is 11.8. The van der Waals surface area contributed by atoms with E-state index in [0.717, 1.165) is 54.5 Å². The number of carbonyl (C=O) groups is 2. The van der Waals surface area contributed by atoms with Crippen molar-refractivity contribution in [3.05, 3.63) is 64.7 Å². The molecule has 6 rings (SSSR count). The van der Waals surface area contributed by atoms with Gasteiger partial charge in [-0.3, -0.25) is 9.59 Å². The van der Waals surface area contributed by atoms with Gasteiger partial charge in [-0.25, -0.2) is 0 Å². The van der Waals surface area contributed by atoms with Crippen LogP contribution in [0.3, 0.4) is 0 Å². The van der Waals surface area contributed by atoms with Gasteiger partial charge in [-0.1, -0.05) is 38.1 Å². The van der Waals surface area contributed by atoms with Crippen LogP contribution in [0.5, 0.6) is 5.75 Å². The van der Waals surface area contributed by atoms with E-state index in [-0.39, 0.29) is 11.4 Å². The van der Waals surface area contributed by atoms with Gasteiger partial charge in [0, 0.05) is 17.6 Å². The molecular formula is C32H41NO4. The fourth-order valence-corrected chi connectivity index (χ4v) is 7.89. The molecule has 2 aromatic carbocycles. The van der Waals surface area contributed by atoms with Crippen molar-refractivity contribution in [1.29, 1.82) is 0 Å². The number of carbonyl (C=O) groups excluding carboxylic acids is 1. The molecule has 198 valence electrons. The fraction of sp³-hybridized carbons (Fsp3) is 0.562.